The summed E-state index contributed by atoms with van der Waals surface area (Å²) in [4.78, 5) is 80.4. The number of nitrogens with one attached hydrogen (secondary N) is 2. The molecular formula is C38H60N4O9. The molecule has 1 rings (SSSR count). The Morgan fingerprint density at radius 2 is 1.43 bits per heavy atom. The van der Waals surface area contributed by atoms with E-state index in [0.717, 1.165) is 5.56 Å². The molecule has 13 nitrogen and oxygen atoms in total. The van der Waals surface area contributed by atoms with Crippen molar-refractivity contribution in [3.8, 4) is 0 Å². The minimum Gasteiger partial charge on any atom is -0.481 e. The smallest absolute Gasteiger partial charge is 0.337 e. The second kappa shape index (κ2) is 17.8. The topological polar surface area (TPSA) is 183 Å². The third kappa shape index (κ3) is 11.6. The van der Waals surface area contributed by atoms with Crippen LogP contribution in [-0.2, 0) is 34.1 Å². The number of carboxylic acid groups (broad SMARTS) is 2. The van der Waals surface area contributed by atoms with Gasteiger partial charge in [-0.2, -0.15) is 0 Å². The number of likely N-dealkylation sites (N-methyl/N-ethyl adjacent to an activating group) is 2. The third-order valence-electron chi connectivity index (χ3n) is 9.13. The van der Waals surface area contributed by atoms with Gasteiger partial charge in [0.2, 0.25) is 17.7 Å². The van der Waals surface area contributed by atoms with Crippen LogP contribution in [0.1, 0.15) is 105 Å². The van der Waals surface area contributed by atoms with Crippen molar-refractivity contribution in [1.82, 2.24) is 20.4 Å². The maximum atomic E-state index is 14.3. The number of hydrogen-bond acceptors (Lipinski definition) is 8. The minimum absolute atomic E-state index is 0.191. The number of aliphatic carboxylic acids is 2. The Kier molecular flexibility index (Phi) is 15.6. The first-order valence-corrected chi connectivity index (χ1v) is 17.1. The Morgan fingerprint density at radius 3 is 1.82 bits per heavy atom. The Bertz CT molecular complexity index is 1450. The molecular weight excluding hydrogens is 656 g/mol. The average molecular weight is 717 g/mol. The van der Waals surface area contributed by atoms with Crippen molar-refractivity contribution < 1.29 is 43.7 Å². The van der Waals surface area contributed by atoms with Crippen molar-refractivity contribution in [2.45, 2.75) is 124 Å². The van der Waals surface area contributed by atoms with Gasteiger partial charge in [0.1, 0.15) is 12.1 Å². The van der Waals surface area contributed by atoms with Crippen LogP contribution in [0.2, 0.25) is 0 Å². The van der Waals surface area contributed by atoms with Gasteiger partial charge in [0.25, 0.3) is 0 Å². The number of methoxy groups -OCH3 is 1. The number of rotatable bonds is 16. The van der Waals surface area contributed by atoms with Crippen LogP contribution in [0, 0.1) is 11.3 Å². The van der Waals surface area contributed by atoms with Gasteiger partial charge in [-0.15, -0.1) is 0 Å². The van der Waals surface area contributed by atoms with Crippen LogP contribution in [0.3, 0.4) is 0 Å². The molecule has 0 spiro atoms. The molecule has 13 heteroatoms. The number of benzene rings is 1. The van der Waals surface area contributed by atoms with E-state index in [0.29, 0.717) is 5.56 Å². The van der Waals surface area contributed by atoms with Crippen LogP contribution in [-0.4, -0.2) is 107 Å². The molecule has 0 aliphatic heterocycles. The van der Waals surface area contributed by atoms with Crippen LogP contribution >= 0.6 is 0 Å². The van der Waals surface area contributed by atoms with Gasteiger partial charge in [0.05, 0.1) is 24.8 Å². The monoisotopic (exact) mass is 716 g/mol. The highest BCUT2D eigenvalue weighted by Crippen LogP contribution is 2.30. The van der Waals surface area contributed by atoms with Crippen molar-refractivity contribution in [2.75, 3.05) is 21.2 Å². The van der Waals surface area contributed by atoms with Gasteiger partial charge in [-0.1, -0.05) is 66.7 Å². The molecule has 3 amide bonds. The van der Waals surface area contributed by atoms with E-state index >= 15 is 0 Å². The molecule has 0 saturated heterocycles. The van der Waals surface area contributed by atoms with E-state index in [9.17, 15) is 39.0 Å². The van der Waals surface area contributed by atoms with Crippen LogP contribution in [0.5, 0.6) is 0 Å². The summed E-state index contributed by atoms with van der Waals surface area (Å²) >= 11 is 0. The number of nitrogens with zero attached hydrogens (tertiary/aromatic N) is 2. The molecule has 0 bridgehead atoms. The first-order valence-electron chi connectivity index (χ1n) is 17.1. The molecule has 0 saturated carbocycles. The number of carbonyl (C=O) groups excluding carboxylic acids is 4. The number of hydrogen-bond donors (Lipinski definition) is 4. The van der Waals surface area contributed by atoms with Crippen LogP contribution in [0.25, 0.3) is 0 Å². The van der Waals surface area contributed by atoms with E-state index in [2.05, 4.69) is 10.6 Å². The van der Waals surface area contributed by atoms with Gasteiger partial charge < -0.3 is 35.4 Å². The Balaban J connectivity index is 3.51. The standard InChI is InChI=1S/C38H60N4O9/c1-22(2)27(21-23(3)32(46)42(37(7,8)9)26(34(48)49)19-20-28(43)44)41(13)33(47)30(36(4,5)6)40-31(45)29(39-12)38(10,11)25-17-15-24(16-18-25)35(50)51-14/h15-18,21-22,26-27,29-30,39H,19-20H2,1-14H3,(H,40,45)(H,43,44)(H,48,49)/b23-21+/t26-,27-,29?,30-/m1/s1. The van der Waals surface area contributed by atoms with Crippen LogP contribution < -0.4 is 10.6 Å². The average Bonchev–Trinajstić information content (AvgIpc) is 3.01. The lowest BCUT2D eigenvalue weighted by Gasteiger charge is -2.41. The molecule has 0 aliphatic rings. The summed E-state index contributed by atoms with van der Waals surface area (Å²) in [5, 5.41) is 25.3. The van der Waals surface area contributed by atoms with Gasteiger partial charge in [-0.05, 0) is 70.2 Å². The van der Waals surface area contributed by atoms with Crippen molar-refractivity contribution in [1.29, 1.82) is 0 Å². The van der Waals surface area contributed by atoms with Crippen LogP contribution in [0.15, 0.2) is 35.9 Å². The summed E-state index contributed by atoms with van der Waals surface area (Å²) in [7, 11) is 4.56. The predicted molar refractivity (Wildman–Crippen MR) is 195 cm³/mol. The lowest BCUT2D eigenvalue weighted by Crippen LogP contribution is -2.61. The molecule has 286 valence electrons. The Hall–Kier alpha value is -4.26. The van der Waals surface area contributed by atoms with E-state index in [-0.39, 0.29) is 17.9 Å². The maximum absolute atomic E-state index is 14.3. The quantitative estimate of drug-likeness (QED) is 0.143. The molecule has 1 unspecified atom stereocenters. The van der Waals surface area contributed by atoms with Crippen molar-refractivity contribution in [3.63, 3.8) is 0 Å². The zero-order valence-corrected chi connectivity index (χ0v) is 32.8. The zero-order chi connectivity index (χ0) is 39.8. The lowest BCUT2D eigenvalue weighted by atomic mass is 9.76. The largest absolute Gasteiger partial charge is 0.481 e. The fourth-order valence-electron chi connectivity index (χ4n) is 6.17. The lowest BCUT2D eigenvalue weighted by molar-refractivity contribution is -0.154. The fraction of sp³-hybridized carbons (Fsp3) is 0.632. The summed E-state index contributed by atoms with van der Waals surface area (Å²) in [6, 6.07) is 3.02. The summed E-state index contributed by atoms with van der Waals surface area (Å²) in [5.74, 6) is -4.55. The third-order valence-corrected chi connectivity index (χ3v) is 9.13. The van der Waals surface area contributed by atoms with Gasteiger partial charge in [-0.25, -0.2) is 9.59 Å². The number of ether oxygens (including phenoxy) is 1. The molecule has 0 radical (unpaired) electrons. The van der Waals surface area contributed by atoms with Gasteiger partial charge >= 0.3 is 17.9 Å². The highest BCUT2D eigenvalue weighted by molar-refractivity contribution is 5.96. The Morgan fingerprint density at radius 1 is 0.902 bits per heavy atom. The summed E-state index contributed by atoms with van der Waals surface area (Å²) in [6.45, 7) is 19.6. The molecule has 0 fully saturated rings. The Labute approximate surface area is 303 Å². The first-order chi connectivity index (χ1) is 23.2. The molecule has 1 aromatic carbocycles. The van der Waals surface area contributed by atoms with E-state index < -0.39 is 82.6 Å². The van der Waals surface area contributed by atoms with Crippen LogP contribution in [0.4, 0.5) is 0 Å². The maximum Gasteiger partial charge on any atom is 0.337 e. The second-order valence-corrected chi connectivity index (χ2v) is 16.0. The summed E-state index contributed by atoms with van der Waals surface area (Å²) < 4.78 is 4.79. The highest BCUT2D eigenvalue weighted by atomic mass is 16.5. The van der Waals surface area contributed by atoms with E-state index in [1.54, 1.807) is 72.1 Å². The molecule has 1 aromatic rings. The molecule has 4 atom stereocenters. The first kappa shape index (κ1) is 44.8. The molecule has 51 heavy (non-hydrogen) atoms. The van der Waals surface area contributed by atoms with Gasteiger partial charge in [0, 0.05) is 30.0 Å². The molecule has 0 heterocycles. The van der Waals surface area contributed by atoms with E-state index in [4.69, 9.17) is 4.74 Å². The summed E-state index contributed by atoms with van der Waals surface area (Å²) in [5.41, 5.74) is -1.13. The van der Waals surface area contributed by atoms with E-state index in [1.807, 2.05) is 48.5 Å². The molecule has 4 N–H and O–H groups in total. The fourth-order valence-corrected chi connectivity index (χ4v) is 6.17. The number of esters is 1. The van der Waals surface area contributed by atoms with E-state index in [1.165, 1.54) is 16.9 Å². The minimum atomic E-state index is -1.38. The van der Waals surface area contributed by atoms with Gasteiger partial charge in [0.15, 0.2) is 0 Å². The molecule has 0 aromatic heterocycles. The zero-order valence-electron chi connectivity index (χ0n) is 32.8. The molecule has 0 aliphatic carbocycles. The van der Waals surface area contributed by atoms with Crippen molar-refractivity contribution in [2.24, 2.45) is 11.3 Å². The number of amides is 3. The number of carbonyl (C=O) groups is 6. The van der Waals surface area contributed by atoms with Crippen molar-refractivity contribution in [3.05, 3.63) is 47.0 Å². The SMILES string of the molecule is CNC(C(=O)N[C@H](C(=O)N(C)[C@H](/C=C(\C)C(=O)N([C@H](CCC(=O)O)C(=O)O)C(C)(C)C)C(C)C)C(C)(C)C)C(C)(C)c1ccc(C(=O)OC)cc1. The van der Waals surface area contributed by atoms with Gasteiger partial charge in [-0.3, -0.25) is 19.2 Å². The second-order valence-electron chi connectivity index (χ2n) is 16.0. The normalized spacial score (nSPS) is 14.9. The number of carboxylic acids is 2. The summed E-state index contributed by atoms with van der Waals surface area (Å²) in [6.07, 6.45) is 0.917. The van der Waals surface area contributed by atoms with Crippen molar-refractivity contribution >= 4 is 35.6 Å². The predicted octanol–water partition coefficient (Wildman–Crippen LogP) is 4.24. The highest BCUT2D eigenvalue weighted by Gasteiger charge is 2.42.